The van der Waals surface area contributed by atoms with E-state index in [1.54, 1.807) is 5.32 Å². The molecule has 0 spiro atoms. The summed E-state index contributed by atoms with van der Waals surface area (Å²) in [5, 5.41) is 14.7. The zero-order valence-electron chi connectivity index (χ0n) is 10.7. The molecule has 0 heterocycles. The maximum atomic E-state index is 12.5. The summed E-state index contributed by atoms with van der Waals surface area (Å²) in [4.78, 5) is 10.9. The number of benzene rings is 1. The zero-order valence-corrected chi connectivity index (χ0v) is 13.0. The number of halogens is 5. The number of nitrogens with two attached hydrogens (primary N) is 1. The number of amides is 1. The Hall–Kier alpha value is -1.07. The van der Waals surface area contributed by atoms with Crippen LogP contribution in [0.15, 0.2) is 17.0 Å². The molecular weight excluding hydrogens is 372 g/mol. The van der Waals surface area contributed by atoms with E-state index in [0.717, 1.165) is 12.1 Å². The minimum absolute atomic E-state index is 0.247. The fourth-order valence-corrected chi connectivity index (χ4v) is 2.59. The van der Waals surface area contributed by atoms with Gasteiger partial charge in [-0.3, -0.25) is 4.79 Å². The molecule has 0 radical (unpaired) electrons. The summed E-state index contributed by atoms with van der Waals surface area (Å²) in [6.07, 6.45) is -5.23. The number of carbonyl (C=O) groups is 1. The van der Waals surface area contributed by atoms with Gasteiger partial charge in [0.15, 0.2) is 0 Å². The Morgan fingerprint density at radius 3 is 2.18 bits per heavy atom. The molecule has 0 saturated carbocycles. The predicted octanol–water partition coefficient (Wildman–Crippen LogP) is 1.89. The van der Waals surface area contributed by atoms with Gasteiger partial charge in [0, 0.05) is 0 Å². The van der Waals surface area contributed by atoms with Crippen molar-refractivity contribution in [3.05, 3.63) is 22.2 Å². The van der Waals surface area contributed by atoms with Gasteiger partial charge in [-0.15, -0.1) is 0 Å². The third-order valence-corrected chi connectivity index (χ3v) is 4.54. The first-order chi connectivity index (χ1) is 9.69. The number of anilines is 1. The molecule has 1 aromatic rings. The fraction of sp³-hybridized carbons (Fsp3) is 0.300. The molecule has 4 N–H and O–H groups in total. The van der Waals surface area contributed by atoms with Crippen molar-refractivity contribution >= 4 is 44.8 Å². The normalized spacial score (nSPS) is 15.3. The molecule has 0 aromatic heterocycles. The van der Waals surface area contributed by atoms with E-state index in [1.165, 1.54) is 0 Å². The van der Waals surface area contributed by atoms with Gasteiger partial charge >= 0.3 is 6.18 Å². The highest BCUT2D eigenvalue weighted by atomic mass is 35.5. The molecule has 0 saturated heterocycles. The van der Waals surface area contributed by atoms with Gasteiger partial charge in [-0.25, -0.2) is 13.6 Å². The van der Waals surface area contributed by atoms with E-state index in [4.69, 9.17) is 28.3 Å². The van der Waals surface area contributed by atoms with Gasteiger partial charge in [0.2, 0.25) is 15.6 Å². The highest BCUT2D eigenvalue weighted by molar-refractivity contribution is 7.89. The molecule has 0 aliphatic heterocycles. The molecule has 0 fully saturated rings. The first-order valence-corrected chi connectivity index (χ1v) is 7.61. The van der Waals surface area contributed by atoms with Crippen molar-refractivity contribution in [2.24, 2.45) is 5.14 Å². The van der Waals surface area contributed by atoms with Crippen LogP contribution in [-0.4, -0.2) is 31.2 Å². The van der Waals surface area contributed by atoms with Crippen LogP contribution >= 0.6 is 23.2 Å². The lowest BCUT2D eigenvalue weighted by Gasteiger charge is -2.25. The lowest BCUT2D eigenvalue weighted by Crippen LogP contribution is -2.52. The van der Waals surface area contributed by atoms with Gasteiger partial charge in [0.05, 0.1) is 15.7 Å². The molecule has 1 unspecified atom stereocenters. The van der Waals surface area contributed by atoms with E-state index in [2.05, 4.69) is 0 Å². The maximum absolute atomic E-state index is 12.5. The number of aliphatic hydroxyl groups is 1. The second-order valence-electron chi connectivity index (χ2n) is 4.31. The van der Waals surface area contributed by atoms with Gasteiger partial charge < -0.3 is 10.4 Å². The Morgan fingerprint density at radius 2 is 1.77 bits per heavy atom. The molecule has 6 nitrogen and oxygen atoms in total. The molecule has 0 aliphatic carbocycles. The lowest BCUT2D eigenvalue weighted by atomic mass is 10.1. The predicted molar refractivity (Wildman–Crippen MR) is 73.1 cm³/mol. The Labute approximate surface area is 133 Å². The largest absolute Gasteiger partial charge is 0.426 e. The van der Waals surface area contributed by atoms with Crippen LogP contribution in [-0.2, 0) is 14.8 Å². The number of carbonyl (C=O) groups excluding carboxylic acids is 1. The summed E-state index contributed by atoms with van der Waals surface area (Å²) >= 11 is 11.3. The molecule has 1 rings (SSSR count). The van der Waals surface area contributed by atoms with Crippen molar-refractivity contribution in [3.8, 4) is 0 Å². The third-order valence-electron chi connectivity index (χ3n) is 2.60. The van der Waals surface area contributed by atoms with Gasteiger partial charge in [-0.1, -0.05) is 23.2 Å². The van der Waals surface area contributed by atoms with E-state index >= 15 is 0 Å². The SMILES string of the molecule is CC(O)(C(=O)Nc1ccc(S(N)(=O)=O)c(Cl)c1Cl)C(F)(F)F. The molecule has 1 aromatic carbocycles. The number of hydrogen-bond acceptors (Lipinski definition) is 4. The van der Waals surface area contributed by atoms with Crippen LogP contribution in [0.25, 0.3) is 0 Å². The molecule has 12 heteroatoms. The number of nitrogens with one attached hydrogen (secondary N) is 1. The summed E-state index contributed by atoms with van der Waals surface area (Å²) in [7, 11) is -4.21. The first-order valence-electron chi connectivity index (χ1n) is 5.31. The van der Waals surface area contributed by atoms with Crippen LogP contribution in [0.5, 0.6) is 0 Å². The molecule has 0 bridgehead atoms. The molecule has 22 heavy (non-hydrogen) atoms. The van der Waals surface area contributed by atoms with Crippen molar-refractivity contribution in [2.75, 3.05) is 5.32 Å². The standard InChI is InChI=1S/C10H9Cl2F3N2O4S/c1-9(19,10(13,14)15)8(18)17-4-2-3-5(22(16,20)21)7(12)6(4)11/h2-3,19H,1H3,(H,17,18)(H2,16,20,21). The van der Waals surface area contributed by atoms with Gasteiger partial charge in [0.1, 0.15) is 4.90 Å². The third kappa shape index (κ3) is 3.63. The molecule has 1 atom stereocenters. The summed E-state index contributed by atoms with van der Waals surface area (Å²) in [6, 6.07) is 1.74. The maximum Gasteiger partial charge on any atom is 0.426 e. The van der Waals surface area contributed by atoms with E-state index in [9.17, 15) is 31.5 Å². The highest BCUT2D eigenvalue weighted by Crippen LogP contribution is 2.36. The minimum Gasteiger partial charge on any atom is -0.373 e. The van der Waals surface area contributed by atoms with Crippen LogP contribution in [0.1, 0.15) is 6.92 Å². The van der Waals surface area contributed by atoms with Crippen molar-refractivity contribution in [3.63, 3.8) is 0 Å². The van der Waals surface area contributed by atoms with Gasteiger partial charge in [0.25, 0.3) is 5.91 Å². The minimum atomic E-state index is -5.23. The average molecular weight is 381 g/mol. The number of sulfonamides is 1. The Kier molecular flexibility index (Phi) is 5.05. The number of alkyl halides is 3. The number of rotatable bonds is 3. The number of primary sulfonamides is 1. The number of hydrogen-bond donors (Lipinski definition) is 3. The van der Waals surface area contributed by atoms with Crippen LogP contribution in [0.4, 0.5) is 18.9 Å². The average Bonchev–Trinajstić information content (AvgIpc) is 2.31. The van der Waals surface area contributed by atoms with E-state index in [1.807, 2.05) is 0 Å². The summed E-state index contributed by atoms with van der Waals surface area (Å²) in [6.45, 7) is 0.247. The Morgan fingerprint density at radius 1 is 1.27 bits per heavy atom. The Balaban J connectivity index is 3.22. The quantitative estimate of drug-likeness (QED) is 0.743. The van der Waals surface area contributed by atoms with Crippen molar-refractivity contribution < 1.29 is 31.5 Å². The fourth-order valence-electron chi connectivity index (χ4n) is 1.22. The molecule has 1 amide bonds. The zero-order chi connectivity index (χ0) is 17.5. The summed E-state index contributed by atoms with van der Waals surface area (Å²) in [5.41, 5.74) is -4.10. The van der Waals surface area contributed by atoms with E-state index in [0.29, 0.717) is 0 Å². The van der Waals surface area contributed by atoms with Crippen molar-refractivity contribution in [2.45, 2.75) is 23.6 Å². The smallest absolute Gasteiger partial charge is 0.373 e. The van der Waals surface area contributed by atoms with Crippen LogP contribution < -0.4 is 10.5 Å². The monoisotopic (exact) mass is 380 g/mol. The molecular formula is C10H9Cl2F3N2O4S. The summed E-state index contributed by atoms with van der Waals surface area (Å²) in [5.74, 6) is -1.82. The van der Waals surface area contributed by atoms with Crippen LogP contribution in [0.2, 0.25) is 10.0 Å². The molecule has 124 valence electrons. The van der Waals surface area contributed by atoms with E-state index < -0.39 is 48.3 Å². The lowest BCUT2D eigenvalue weighted by molar-refractivity contribution is -0.242. The van der Waals surface area contributed by atoms with Gasteiger partial charge in [-0.05, 0) is 19.1 Å². The topological polar surface area (TPSA) is 109 Å². The second-order valence-corrected chi connectivity index (χ2v) is 6.59. The second kappa shape index (κ2) is 5.85. The van der Waals surface area contributed by atoms with Crippen molar-refractivity contribution in [1.82, 2.24) is 0 Å². The van der Waals surface area contributed by atoms with Gasteiger partial charge in [-0.2, -0.15) is 13.2 Å². The summed E-state index contributed by atoms with van der Waals surface area (Å²) < 4.78 is 59.9. The molecule has 0 aliphatic rings. The van der Waals surface area contributed by atoms with E-state index in [-0.39, 0.29) is 6.92 Å². The highest BCUT2D eigenvalue weighted by Gasteiger charge is 2.55. The van der Waals surface area contributed by atoms with Crippen LogP contribution in [0.3, 0.4) is 0 Å². The first kappa shape index (κ1) is 19.0. The Bertz CT molecular complexity index is 720. The van der Waals surface area contributed by atoms with Crippen molar-refractivity contribution in [1.29, 1.82) is 0 Å². The van der Waals surface area contributed by atoms with Crippen LogP contribution in [0, 0.1) is 0 Å².